The Hall–Kier alpha value is -1.64. The molecule has 1 aromatic rings. The van der Waals surface area contributed by atoms with E-state index in [9.17, 15) is 4.79 Å². The minimum absolute atomic E-state index is 0.355. The molecule has 0 saturated carbocycles. The van der Waals surface area contributed by atoms with Gasteiger partial charge in [-0.3, -0.25) is 4.98 Å². The molecular formula is C10H11NO2. The molecule has 0 saturated heterocycles. The SMILES string of the molecule is CC(C(=O)O)=C(C)c1cccnc1. The van der Waals surface area contributed by atoms with Crippen molar-refractivity contribution in [3.8, 4) is 0 Å². The van der Waals surface area contributed by atoms with E-state index >= 15 is 0 Å². The number of aromatic nitrogens is 1. The van der Waals surface area contributed by atoms with Crippen LogP contribution in [-0.2, 0) is 4.79 Å². The Bertz CT molecular complexity index is 341. The van der Waals surface area contributed by atoms with Crippen molar-refractivity contribution in [1.82, 2.24) is 4.98 Å². The summed E-state index contributed by atoms with van der Waals surface area (Å²) >= 11 is 0. The molecular weight excluding hydrogens is 166 g/mol. The van der Waals surface area contributed by atoms with E-state index < -0.39 is 5.97 Å². The number of hydrogen-bond acceptors (Lipinski definition) is 2. The standard InChI is InChI=1S/C10H11NO2/c1-7(8(2)10(12)13)9-4-3-5-11-6-9/h3-6H,1-2H3,(H,12,13). The highest BCUT2D eigenvalue weighted by Crippen LogP contribution is 2.16. The molecule has 0 aromatic carbocycles. The van der Waals surface area contributed by atoms with E-state index in [0.29, 0.717) is 5.57 Å². The topological polar surface area (TPSA) is 50.2 Å². The number of aliphatic carboxylic acids is 1. The van der Waals surface area contributed by atoms with Crippen molar-refractivity contribution in [2.24, 2.45) is 0 Å². The number of carbonyl (C=O) groups is 1. The second kappa shape index (κ2) is 3.85. The largest absolute Gasteiger partial charge is 0.478 e. The maximum atomic E-state index is 10.6. The lowest BCUT2D eigenvalue weighted by atomic mass is 10.0. The minimum atomic E-state index is -0.888. The van der Waals surface area contributed by atoms with Crippen LogP contribution in [0.3, 0.4) is 0 Å². The van der Waals surface area contributed by atoms with Crippen LogP contribution in [0.25, 0.3) is 5.57 Å². The maximum Gasteiger partial charge on any atom is 0.331 e. The second-order valence-electron chi connectivity index (χ2n) is 2.80. The maximum absolute atomic E-state index is 10.6. The fourth-order valence-corrected chi connectivity index (χ4v) is 0.961. The third kappa shape index (κ3) is 2.15. The van der Waals surface area contributed by atoms with Crippen LogP contribution in [0.4, 0.5) is 0 Å². The molecule has 0 aliphatic rings. The van der Waals surface area contributed by atoms with Crippen LogP contribution >= 0.6 is 0 Å². The number of carboxylic acids is 1. The highest BCUT2D eigenvalue weighted by molar-refractivity contribution is 5.95. The number of nitrogens with zero attached hydrogens (tertiary/aromatic N) is 1. The molecule has 0 bridgehead atoms. The van der Waals surface area contributed by atoms with Crippen LogP contribution in [0.15, 0.2) is 30.1 Å². The molecule has 0 aliphatic heterocycles. The Morgan fingerprint density at radius 3 is 2.62 bits per heavy atom. The smallest absolute Gasteiger partial charge is 0.331 e. The molecule has 3 heteroatoms. The zero-order valence-electron chi connectivity index (χ0n) is 7.61. The van der Waals surface area contributed by atoms with Gasteiger partial charge in [-0.15, -0.1) is 0 Å². The summed E-state index contributed by atoms with van der Waals surface area (Å²) in [5.41, 5.74) is 1.95. The van der Waals surface area contributed by atoms with Gasteiger partial charge in [0.15, 0.2) is 0 Å². The van der Waals surface area contributed by atoms with Gasteiger partial charge in [0, 0.05) is 18.0 Å². The summed E-state index contributed by atoms with van der Waals surface area (Å²) in [6, 6.07) is 3.63. The van der Waals surface area contributed by atoms with Gasteiger partial charge in [-0.2, -0.15) is 0 Å². The van der Waals surface area contributed by atoms with Crippen molar-refractivity contribution >= 4 is 11.5 Å². The summed E-state index contributed by atoms with van der Waals surface area (Å²) in [5, 5.41) is 8.74. The van der Waals surface area contributed by atoms with E-state index in [4.69, 9.17) is 5.11 Å². The number of hydrogen-bond donors (Lipinski definition) is 1. The third-order valence-electron chi connectivity index (χ3n) is 1.98. The molecule has 0 spiro atoms. The molecule has 0 aliphatic carbocycles. The quantitative estimate of drug-likeness (QED) is 0.702. The first-order valence-electron chi connectivity index (χ1n) is 3.94. The Balaban J connectivity index is 3.11. The van der Waals surface area contributed by atoms with E-state index in [1.165, 1.54) is 0 Å². The molecule has 0 unspecified atom stereocenters. The fraction of sp³-hybridized carbons (Fsp3) is 0.200. The normalized spacial score (nSPS) is 12.2. The Morgan fingerprint density at radius 1 is 1.46 bits per heavy atom. The number of rotatable bonds is 2. The zero-order chi connectivity index (χ0) is 9.84. The van der Waals surface area contributed by atoms with Crippen molar-refractivity contribution in [3.05, 3.63) is 35.7 Å². The summed E-state index contributed by atoms with van der Waals surface area (Å²) in [5.74, 6) is -0.888. The molecule has 1 aromatic heterocycles. The van der Waals surface area contributed by atoms with Crippen LogP contribution in [0.5, 0.6) is 0 Å². The van der Waals surface area contributed by atoms with Gasteiger partial charge in [0.05, 0.1) is 0 Å². The van der Waals surface area contributed by atoms with Gasteiger partial charge in [-0.25, -0.2) is 4.79 Å². The Kier molecular flexibility index (Phi) is 2.80. The van der Waals surface area contributed by atoms with Crippen LogP contribution in [-0.4, -0.2) is 16.1 Å². The van der Waals surface area contributed by atoms with Gasteiger partial charge in [0.2, 0.25) is 0 Å². The number of pyridine rings is 1. The first-order chi connectivity index (χ1) is 6.13. The Morgan fingerprint density at radius 2 is 2.15 bits per heavy atom. The molecule has 3 nitrogen and oxygen atoms in total. The molecule has 0 radical (unpaired) electrons. The van der Waals surface area contributed by atoms with Gasteiger partial charge in [0.1, 0.15) is 0 Å². The molecule has 0 amide bonds. The highest BCUT2D eigenvalue weighted by Gasteiger charge is 2.06. The van der Waals surface area contributed by atoms with E-state index in [0.717, 1.165) is 11.1 Å². The summed E-state index contributed by atoms with van der Waals surface area (Å²) in [6.07, 6.45) is 3.31. The van der Waals surface area contributed by atoms with Crippen LogP contribution in [0.1, 0.15) is 19.4 Å². The monoisotopic (exact) mass is 177 g/mol. The van der Waals surface area contributed by atoms with E-state index in [1.807, 2.05) is 6.07 Å². The van der Waals surface area contributed by atoms with Crippen LogP contribution in [0, 0.1) is 0 Å². The predicted molar refractivity (Wildman–Crippen MR) is 50.1 cm³/mol. The van der Waals surface area contributed by atoms with Crippen LogP contribution < -0.4 is 0 Å². The van der Waals surface area contributed by atoms with Gasteiger partial charge in [-0.05, 0) is 31.1 Å². The minimum Gasteiger partial charge on any atom is -0.478 e. The first-order valence-corrected chi connectivity index (χ1v) is 3.94. The van der Waals surface area contributed by atoms with Crippen molar-refractivity contribution in [3.63, 3.8) is 0 Å². The predicted octanol–water partition coefficient (Wildman–Crippen LogP) is 1.96. The summed E-state index contributed by atoms with van der Waals surface area (Å²) in [4.78, 5) is 14.6. The van der Waals surface area contributed by atoms with Gasteiger partial charge in [0.25, 0.3) is 0 Å². The molecule has 0 fully saturated rings. The number of carboxylic acid groups (broad SMARTS) is 1. The summed E-state index contributed by atoms with van der Waals surface area (Å²) < 4.78 is 0. The van der Waals surface area contributed by atoms with Crippen molar-refractivity contribution in [2.45, 2.75) is 13.8 Å². The van der Waals surface area contributed by atoms with E-state index in [-0.39, 0.29) is 0 Å². The average molecular weight is 177 g/mol. The first kappa shape index (κ1) is 9.45. The highest BCUT2D eigenvalue weighted by atomic mass is 16.4. The molecule has 13 heavy (non-hydrogen) atoms. The number of allylic oxidation sites excluding steroid dienone is 1. The van der Waals surface area contributed by atoms with Crippen molar-refractivity contribution < 1.29 is 9.90 Å². The molecule has 1 N–H and O–H groups in total. The average Bonchev–Trinajstić information content (AvgIpc) is 2.17. The van der Waals surface area contributed by atoms with Crippen molar-refractivity contribution in [1.29, 1.82) is 0 Å². The summed E-state index contributed by atoms with van der Waals surface area (Å²) in [7, 11) is 0. The lowest BCUT2D eigenvalue weighted by Gasteiger charge is -2.02. The van der Waals surface area contributed by atoms with Crippen LogP contribution in [0.2, 0.25) is 0 Å². The fourth-order valence-electron chi connectivity index (χ4n) is 0.961. The van der Waals surface area contributed by atoms with E-state index in [2.05, 4.69) is 4.98 Å². The third-order valence-corrected chi connectivity index (χ3v) is 1.98. The van der Waals surface area contributed by atoms with Gasteiger partial charge in [-0.1, -0.05) is 6.07 Å². The molecule has 68 valence electrons. The zero-order valence-corrected chi connectivity index (χ0v) is 7.61. The second-order valence-corrected chi connectivity index (χ2v) is 2.80. The summed E-state index contributed by atoms with van der Waals surface area (Å²) in [6.45, 7) is 3.37. The van der Waals surface area contributed by atoms with E-state index in [1.54, 1.807) is 32.3 Å². The lowest BCUT2D eigenvalue weighted by Crippen LogP contribution is -1.99. The van der Waals surface area contributed by atoms with Crippen molar-refractivity contribution in [2.75, 3.05) is 0 Å². The molecule has 0 atom stereocenters. The van der Waals surface area contributed by atoms with Gasteiger partial charge < -0.3 is 5.11 Å². The van der Waals surface area contributed by atoms with Gasteiger partial charge >= 0.3 is 5.97 Å². The molecule has 1 rings (SSSR count). The lowest BCUT2D eigenvalue weighted by molar-refractivity contribution is -0.132. The molecule has 1 heterocycles. The Labute approximate surface area is 76.7 Å².